The van der Waals surface area contributed by atoms with Crippen molar-refractivity contribution < 1.29 is 14.3 Å². The summed E-state index contributed by atoms with van der Waals surface area (Å²) in [4.78, 5) is 29.1. The highest BCUT2D eigenvalue weighted by Crippen LogP contribution is 2.15. The van der Waals surface area contributed by atoms with Crippen molar-refractivity contribution >= 4 is 11.8 Å². The van der Waals surface area contributed by atoms with Crippen LogP contribution in [-0.4, -0.2) is 54.9 Å². The molecule has 148 valence electrons. The maximum absolute atomic E-state index is 12.7. The summed E-state index contributed by atoms with van der Waals surface area (Å²) in [6, 6.07) is 15.5. The van der Waals surface area contributed by atoms with Crippen molar-refractivity contribution in [2.75, 3.05) is 33.3 Å². The Hall–Kier alpha value is -2.82. The van der Waals surface area contributed by atoms with Gasteiger partial charge in [-0.3, -0.25) is 9.59 Å². The molecule has 1 aliphatic rings. The molecular formula is C23H28N2O3. The number of amides is 2. The van der Waals surface area contributed by atoms with Gasteiger partial charge in [0.2, 0.25) is 5.91 Å². The average molecular weight is 380 g/mol. The maximum Gasteiger partial charge on any atom is 0.253 e. The topological polar surface area (TPSA) is 49.9 Å². The Balaban J connectivity index is 1.52. The molecule has 0 spiro atoms. The molecule has 0 saturated carbocycles. The second-order valence-corrected chi connectivity index (χ2v) is 7.24. The number of hydrogen-bond donors (Lipinski definition) is 0. The average Bonchev–Trinajstić information content (AvgIpc) is 2.99. The third-order valence-electron chi connectivity index (χ3n) is 5.22. The van der Waals surface area contributed by atoms with E-state index in [2.05, 4.69) is 31.2 Å². The van der Waals surface area contributed by atoms with Crippen LogP contribution in [0.5, 0.6) is 5.75 Å². The van der Waals surface area contributed by atoms with E-state index in [1.807, 2.05) is 9.80 Å². The summed E-state index contributed by atoms with van der Waals surface area (Å²) < 4.78 is 5.15. The van der Waals surface area contributed by atoms with E-state index >= 15 is 0 Å². The molecule has 0 aromatic heterocycles. The lowest BCUT2D eigenvalue weighted by Gasteiger charge is -2.22. The van der Waals surface area contributed by atoms with Crippen molar-refractivity contribution in [2.45, 2.75) is 26.2 Å². The monoisotopic (exact) mass is 380 g/mol. The highest BCUT2D eigenvalue weighted by atomic mass is 16.5. The number of ether oxygens (including phenoxy) is 1. The molecule has 1 aliphatic heterocycles. The Bertz CT molecular complexity index is 800. The molecule has 0 radical (unpaired) electrons. The molecule has 1 heterocycles. The normalized spacial score (nSPS) is 14.5. The van der Waals surface area contributed by atoms with Crippen LogP contribution in [0.1, 0.15) is 34.3 Å². The fraction of sp³-hybridized carbons (Fsp3) is 0.391. The molecule has 5 heteroatoms. The van der Waals surface area contributed by atoms with Crippen LogP contribution in [0.4, 0.5) is 0 Å². The Labute approximate surface area is 166 Å². The molecular weight excluding hydrogens is 352 g/mol. The Kier molecular flexibility index (Phi) is 6.69. The van der Waals surface area contributed by atoms with Crippen molar-refractivity contribution in [3.8, 4) is 5.75 Å². The van der Waals surface area contributed by atoms with E-state index < -0.39 is 0 Å². The van der Waals surface area contributed by atoms with E-state index in [4.69, 9.17) is 4.74 Å². The molecule has 0 aliphatic carbocycles. The zero-order chi connectivity index (χ0) is 19.9. The molecule has 3 rings (SSSR count). The van der Waals surface area contributed by atoms with Crippen molar-refractivity contribution in [1.82, 2.24) is 9.80 Å². The first kappa shape index (κ1) is 19.9. The van der Waals surface area contributed by atoms with E-state index in [1.54, 1.807) is 31.4 Å². The number of benzene rings is 2. The van der Waals surface area contributed by atoms with Crippen LogP contribution >= 0.6 is 0 Å². The molecule has 1 fully saturated rings. The minimum Gasteiger partial charge on any atom is -0.497 e. The van der Waals surface area contributed by atoms with Gasteiger partial charge in [-0.25, -0.2) is 0 Å². The third kappa shape index (κ3) is 5.12. The van der Waals surface area contributed by atoms with Crippen molar-refractivity contribution in [3.63, 3.8) is 0 Å². The van der Waals surface area contributed by atoms with E-state index in [0.717, 1.165) is 18.6 Å². The molecule has 5 nitrogen and oxygen atoms in total. The largest absolute Gasteiger partial charge is 0.497 e. The van der Waals surface area contributed by atoms with Gasteiger partial charge in [-0.05, 0) is 49.6 Å². The number of nitrogens with zero attached hydrogens (tertiary/aromatic N) is 2. The van der Waals surface area contributed by atoms with Gasteiger partial charge in [0.15, 0.2) is 0 Å². The van der Waals surface area contributed by atoms with Gasteiger partial charge in [-0.2, -0.15) is 0 Å². The summed E-state index contributed by atoms with van der Waals surface area (Å²) in [7, 11) is 1.61. The Morgan fingerprint density at radius 2 is 1.54 bits per heavy atom. The van der Waals surface area contributed by atoms with Crippen molar-refractivity contribution in [3.05, 3.63) is 65.2 Å². The standard InChI is InChI=1S/C23H28N2O3/c1-18-4-6-19(7-5-18)8-13-22(26)24-14-3-15-25(17-16-24)23(27)20-9-11-21(28-2)12-10-20/h4-7,9-12H,3,8,13-17H2,1-2H3. The SMILES string of the molecule is COc1ccc(C(=O)N2CCCN(C(=O)CCc3ccc(C)cc3)CC2)cc1. The lowest BCUT2D eigenvalue weighted by molar-refractivity contribution is -0.131. The summed E-state index contributed by atoms with van der Waals surface area (Å²) in [5.41, 5.74) is 3.06. The van der Waals surface area contributed by atoms with Crippen LogP contribution in [0.3, 0.4) is 0 Å². The fourth-order valence-corrected chi connectivity index (χ4v) is 3.45. The second-order valence-electron chi connectivity index (χ2n) is 7.24. The van der Waals surface area contributed by atoms with Gasteiger partial charge in [0.25, 0.3) is 5.91 Å². The zero-order valence-corrected chi connectivity index (χ0v) is 16.7. The highest BCUT2D eigenvalue weighted by molar-refractivity contribution is 5.94. The number of aryl methyl sites for hydroxylation is 2. The summed E-state index contributed by atoms with van der Waals surface area (Å²) in [6.07, 6.45) is 2.07. The van der Waals surface area contributed by atoms with E-state index in [1.165, 1.54) is 11.1 Å². The molecule has 0 unspecified atom stereocenters. The first-order valence-corrected chi connectivity index (χ1v) is 9.83. The number of rotatable bonds is 5. The molecule has 28 heavy (non-hydrogen) atoms. The number of carbonyl (C=O) groups excluding carboxylic acids is 2. The minimum atomic E-state index is 0.0107. The van der Waals surface area contributed by atoms with Gasteiger partial charge in [-0.15, -0.1) is 0 Å². The Morgan fingerprint density at radius 3 is 2.21 bits per heavy atom. The predicted octanol–water partition coefficient (Wildman–Crippen LogP) is 3.31. The van der Waals surface area contributed by atoms with Gasteiger partial charge >= 0.3 is 0 Å². The van der Waals surface area contributed by atoms with Crippen LogP contribution < -0.4 is 4.74 Å². The molecule has 2 amide bonds. The number of hydrogen-bond acceptors (Lipinski definition) is 3. The summed E-state index contributed by atoms with van der Waals surface area (Å²) in [5.74, 6) is 0.911. The summed E-state index contributed by atoms with van der Waals surface area (Å²) in [5, 5.41) is 0. The summed E-state index contributed by atoms with van der Waals surface area (Å²) >= 11 is 0. The number of carbonyl (C=O) groups is 2. The molecule has 0 bridgehead atoms. The van der Waals surface area contributed by atoms with Crippen molar-refractivity contribution in [2.24, 2.45) is 0 Å². The molecule has 2 aromatic rings. The van der Waals surface area contributed by atoms with Crippen LogP contribution in [0.15, 0.2) is 48.5 Å². The predicted molar refractivity (Wildman–Crippen MR) is 110 cm³/mol. The Morgan fingerprint density at radius 1 is 0.893 bits per heavy atom. The van der Waals surface area contributed by atoms with Crippen molar-refractivity contribution in [1.29, 1.82) is 0 Å². The van der Waals surface area contributed by atoms with Crippen LogP contribution in [0, 0.1) is 6.92 Å². The lowest BCUT2D eigenvalue weighted by atomic mass is 10.1. The van der Waals surface area contributed by atoms with E-state index in [9.17, 15) is 9.59 Å². The lowest BCUT2D eigenvalue weighted by Crippen LogP contribution is -2.37. The fourth-order valence-electron chi connectivity index (χ4n) is 3.45. The third-order valence-corrected chi connectivity index (χ3v) is 5.22. The second kappa shape index (κ2) is 9.40. The quantitative estimate of drug-likeness (QED) is 0.800. The van der Waals surface area contributed by atoms with E-state index in [-0.39, 0.29) is 11.8 Å². The highest BCUT2D eigenvalue weighted by Gasteiger charge is 2.22. The molecule has 0 N–H and O–H groups in total. The maximum atomic E-state index is 12.7. The summed E-state index contributed by atoms with van der Waals surface area (Å²) in [6.45, 7) is 4.60. The molecule has 1 saturated heterocycles. The minimum absolute atomic E-state index is 0.0107. The van der Waals surface area contributed by atoms with Crippen LogP contribution in [-0.2, 0) is 11.2 Å². The zero-order valence-electron chi connectivity index (χ0n) is 16.7. The van der Waals surface area contributed by atoms with Gasteiger partial charge in [0.05, 0.1) is 7.11 Å². The van der Waals surface area contributed by atoms with Gasteiger partial charge < -0.3 is 14.5 Å². The van der Waals surface area contributed by atoms with Gasteiger partial charge in [-0.1, -0.05) is 29.8 Å². The van der Waals surface area contributed by atoms with Crippen LogP contribution in [0.25, 0.3) is 0 Å². The van der Waals surface area contributed by atoms with Gasteiger partial charge in [0.1, 0.15) is 5.75 Å². The first-order valence-electron chi connectivity index (χ1n) is 9.83. The van der Waals surface area contributed by atoms with E-state index in [0.29, 0.717) is 38.2 Å². The van der Waals surface area contributed by atoms with Crippen LogP contribution in [0.2, 0.25) is 0 Å². The first-order chi connectivity index (χ1) is 13.6. The van der Waals surface area contributed by atoms with Gasteiger partial charge in [0, 0.05) is 38.2 Å². The molecule has 2 aromatic carbocycles. The number of methoxy groups -OCH3 is 1. The smallest absolute Gasteiger partial charge is 0.253 e. The molecule has 0 atom stereocenters.